The van der Waals surface area contributed by atoms with Gasteiger partial charge in [0.15, 0.2) is 0 Å². The molecule has 0 amide bonds. The van der Waals surface area contributed by atoms with Crippen LogP contribution in [0.4, 0.5) is 0 Å². The van der Waals surface area contributed by atoms with Gasteiger partial charge in [-0.3, -0.25) is 0 Å². The van der Waals surface area contributed by atoms with Crippen LogP contribution in [0.1, 0.15) is 31.7 Å². The first-order chi connectivity index (χ1) is 6.09. The molecule has 0 unspecified atom stereocenters. The first-order valence-corrected chi connectivity index (χ1v) is 4.60. The van der Waals surface area contributed by atoms with Gasteiger partial charge in [0.1, 0.15) is 0 Å². The summed E-state index contributed by atoms with van der Waals surface area (Å²) < 4.78 is 0. The van der Waals surface area contributed by atoms with Crippen molar-refractivity contribution in [2.75, 3.05) is 0 Å². The number of aromatic nitrogens is 2. The third-order valence-electron chi connectivity index (χ3n) is 2.65. The van der Waals surface area contributed by atoms with Gasteiger partial charge in [0.05, 0.1) is 22.1 Å². The molecule has 2 rings (SSSR count). The van der Waals surface area contributed by atoms with Crippen molar-refractivity contribution >= 4 is 11.1 Å². The summed E-state index contributed by atoms with van der Waals surface area (Å²) in [5, 5.41) is 2.22. The van der Waals surface area contributed by atoms with E-state index in [1.54, 1.807) is 0 Å². The quantitative estimate of drug-likeness (QED) is 0.582. The molecule has 1 aliphatic rings. The van der Waals surface area contributed by atoms with Crippen molar-refractivity contribution in [2.45, 2.75) is 34.1 Å². The molecule has 2 nitrogen and oxygen atoms in total. The van der Waals surface area contributed by atoms with Crippen LogP contribution in [0.5, 0.6) is 0 Å². The van der Waals surface area contributed by atoms with Gasteiger partial charge in [-0.05, 0) is 45.3 Å². The molecular formula is C11H14N2. The van der Waals surface area contributed by atoms with Crippen molar-refractivity contribution < 1.29 is 0 Å². The fourth-order valence-electron chi connectivity index (χ4n) is 1.76. The van der Waals surface area contributed by atoms with Crippen LogP contribution >= 0.6 is 0 Å². The van der Waals surface area contributed by atoms with Gasteiger partial charge >= 0.3 is 0 Å². The van der Waals surface area contributed by atoms with E-state index in [0.717, 1.165) is 28.5 Å². The Labute approximate surface area is 78.0 Å². The molecule has 0 saturated carbocycles. The molecule has 1 aromatic rings. The Balaban J connectivity index is 2.95. The molecule has 0 saturated heterocycles. The summed E-state index contributed by atoms with van der Waals surface area (Å²) in [5.41, 5.74) is 4.80. The SMILES string of the molecule is CC1=c2nc(C)c(C)nc2=C(C)C1. The van der Waals surface area contributed by atoms with Crippen LogP contribution in [-0.4, -0.2) is 9.97 Å². The first kappa shape index (κ1) is 8.42. The van der Waals surface area contributed by atoms with Gasteiger partial charge < -0.3 is 0 Å². The van der Waals surface area contributed by atoms with Crippen LogP contribution in [0, 0.1) is 13.8 Å². The zero-order valence-corrected chi connectivity index (χ0v) is 8.60. The Hall–Kier alpha value is -1.18. The van der Waals surface area contributed by atoms with Crippen molar-refractivity contribution in [1.29, 1.82) is 0 Å². The van der Waals surface area contributed by atoms with Crippen LogP contribution < -0.4 is 10.7 Å². The molecule has 1 heterocycles. The number of aryl methyl sites for hydroxylation is 2. The standard InChI is InChI=1S/C11H14N2/c1-6-5-7(2)11-10(6)12-8(3)9(4)13-11/h5H2,1-4H3. The second kappa shape index (κ2) is 2.66. The maximum absolute atomic E-state index is 4.56. The highest BCUT2D eigenvalue weighted by Gasteiger charge is 2.09. The highest BCUT2D eigenvalue weighted by molar-refractivity contribution is 5.62. The largest absolute Gasteiger partial charge is 0.250 e. The molecular weight excluding hydrogens is 160 g/mol. The second-order valence-electron chi connectivity index (χ2n) is 3.83. The highest BCUT2D eigenvalue weighted by atomic mass is 14.8. The molecule has 0 spiro atoms. The average molecular weight is 174 g/mol. The number of fused-ring (bicyclic) bond motifs is 1. The summed E-state index contributed by atoms with van der Waals surface area (Å²) in [6.45, 7) is 8.31. The van der Waals surface area contributed by atoms with E-state index >= 15 is 0 Å². The molecule has 0 fully saturated rings. The zero-order chi connectivity index (χ0) is 9.59. The molecule has 0 bridgehead atoms. The number of hydrogen-bond donors (Lipinski definition) is 0. The third-order valence-corrected chi connectivity index (χ3v) is 2.65. The Morgan fingerprint density at radius 2 is 1.15 bits per heavy atom. The number of nitrogens with zero attached hydrogens (tertiary/aromatic N) is 2. The zero-order valence-electron chi connectivity index (χ0n) is 8.60. The van der Waals surface area contributed by atoms with Crippen molar-refractivity contribution in [3.8, 4) is 0 Å². The topological polar surface area (TPSA) is 25.8 Å². The normalized spacial score (nSPS) is 15.1. The summed E-state index contributed by atoms with van der Waals surface area (Å²) in [6, 6.07) is 0. The Morgan fingerprint density at radius 1 is 0.769 bits per heavy atom. The predicted octanol–water partition coefficient (Wildman–Crippen LogP) is 0.838. The third kappa shape index (κ3) is 1.17. The molecule has 1 aliphatic carbocycles. The molecule has 0 aromatic carbocycles. The van der Waals surface area contributed by atoms with E-state index in [1.165, 1.54) is 11.1 Å². The van der Waals surface area contributed by atoms with Crippen molar-refractivity contribution in [1.82, 2.24) is 9.97 Å². The maximum Gasteiger partial charge on any atom is 0.0882 e. The molecule has 1 aromatic heterocycles. The molecule has 0 atom stereocenters. The minimum atomic E-state index is 1.04. The van der Waals surface area contributed by atoms with E-state index < -0.39 is 0 Å². The predicted molar refractivity (Wildman–Crippen MR) is 53.5 cm³/mol. The second-order valence-corrected chi connectivity index (χ2v) is 3.83. The highest BCUT2D eigenvalue weighted by Crippen LogP contribution is 2.11. The van der Waals surface area contributed by atoms with E-state index in [1.807, 2.05) is 13.8 Å². The van der Waals surface area contributed by atoms with Crippen molar-refractivity contribution in [3.63, 3.8) is 0 Å². The van der Waals surface area contributed by atoms with Gasteiger partial charge in [-0.2, -0.15) is 0 Å². The van der Waals surface area contributed by atoms with Gasteiger partial charge in [-0.25, -0.2) is 9.97 Å². The van der Waals surface area contributed by atoms with Gasteiger partial charge in [-0.15, -0.1) is 0 Å². The summed E-state index contributed by atoms with van der Waals surface area (Å²) in [6.07, 6.45) is 1.04. The molecule has 2 heteroatoms. The summed E-state index contributed by atoms with van der Waals surface area (Å²) >= 11 is 0. The molecule has 68 valence electrons. The molecule has 0 aliphatic heterocycles. The fraction of sp³-hybridized carbons (Fsp3) is 0.455. The van der Waals surface area contributed by atoms with Gasteiger partial charge in [0.25, 0.3) is 0 Å². The molecule has 13 heavy (non-hydrogen) atoms. The Morgan fingerprint density at radius 3 is 1.54 bits per heavy atom. The number of rotatable bonds is 0. The van der Waals surface area contributed by atoms with Crippen LogP contribution in [0.25, 0.3) is 11.1 Å². The Kier molecular flexibility index (Phi) is 1.72. The average Bonchev–Trinajstić information content (AvgIpc) is 2.31. The van der Waals surface area contributed by atoms with Crippen molar-refractivity contribution in [3.05, 3.63) is 22.1 Å². The molecule has 0 N–H and O–H groups in total. The van der Waals surface area contributed by atoms with E-state index in [9.17, 15) is 0 Å². The maximum atomic E-state index is 4.56. The number of hydrogen-bond acceptors (Lipinski definition) is 2. The van der Waals surface area contributed by atoms with Crippen molar-refractivity contribution in [2.24, 2.45) is 0 Å². The van der Waals surface area contributed by atoms with Gasteiger partial charge in [0.2, 0.25) is 0 Å². The lowest BCUT2D eigenvalue weighted by atomic mass is 10.2. The first-order valence-electron chi connectivity index (χ1n) is 4.60. The lowest BCUT2D eigenvalue weighted by molar-refractivity contribution is 0.982. The lowest BCUT2D eigenvalue weighted by Crippen LogP contribution is -2.32. The monoisotopic (exact) mass is 174 g/mol. The molecule has 0 radical (unpaired) electrons. The van der Waals surface area contributed by atoms with Crippen LogP contribution in [0.15, 0.2) is 0 Å². The minimum absolute atomic E-state index is 1.04. The van der Waals surface area contributed by atoms with Crippen LogP contribution in [0.3, 0.4) is 0 Å². The summed E-state index contributed by atoms with van der Waals surface area (Å²) in [5.74, 6) is 0. The van der Waals surface area contributed by atoms with E-state index in [0.29, 0.717) is 0 Å². The minimum Gasteiger partial charge on any atom is -0.250 e. The lowest BCUT2D eigenvalue weighted by Gasteiger charge is -1.96. The van der Waals surface area contributed by atoms with Crippen LogP contribution in [-0.2, 0) is 0 Å². The van der Waals surface area contributed by atoms with E-state index in [4.69, 9.17) is 0 Å². The van der Waals surface area contributed by atoms with Crippen LogP contribution in [0.2, 0.25) is 0 Å². The smallest absolute Gasteiger partial charge is 0.0882 e. The summed E-state index contributed by atoms with van der Waals surface area (Å²) in [4.78, 5) is 9.13. The van der Waals surface area contributed by atoms with E-state index in [-0.39, 0.29) is 0 Å². The van der Waals surface area contributed by atoms with Gasteiger partial charge in [-0.1, -0.05) is 0 Å². The van der Waals surface area contributed by atoms with E-state index in [2.05, 4.69) is 23.8 Å². The fourth-order valence-corrected chi connectivity index (χ4v) is 1.76. The summed E-state index contributed by atoms with van der Waals surface area (Å²) in [7, 11) is 0. The Bertz CT molecular complexity index is 439. The van der Waals surface area contributed by atoms with Gasteiger partial charge in [0, 0.05) is 0 Å².